The summed E-state index contributed by atoms with van der Waals surface area (Å²) < 4.78 is 26.0. The minimum absolute atomic E-state index is 0.0602. The Morgan fingerprint density at radius 2 is 1.95 bits per heavy atom. The molecule has 120 valence electrons. The third kappa shape index (κ3) is 3.81. The maximum Gasteiger partial charge on any atom is 0.254 e. The number of hydrogen-bond acceptors (Lipinski definition) is 2. The van der Waals surface area contributed by atoms with Crippen LogP contribution in [0.1, 0.15) is 30.6 Å². The van der Waals surface area contributed by atoms with Gasteiger partial charge in [-0.25, -0.2) is 8.78 Å². The summed E-state index contributed by atoms with van der Waals surface area (Å²) in [5.74, 6) is -2.17. The van der Waals surface area contributed by atoms with Gasteiger partial charge in [0.15, 0.2) is 11.6 Å². The lowest BCUT2D eigenvalue weighted by Crippen LogP contribution is -2.55. The normalized spacial score (nSPS) is 14.9. The molecule has 0 aromatic heterocycles. The van der Waals surface area contributed by atoms with E-state index < -0.39 is 11.6 Å². The third-order valence-electron chi connectivity index (χ3n) is 3.73. The molecule has 1 N–H and O–H groups in total. The molecular formula is C16H20F2N2O2. The number of carbonyl (C=O) groups excluding carboxylic acids is 2. The van der Waals surface area contributed by atoms with Crippen molar-refractivity contribution in [2.75, 3.05) is 19.6 Å². The highest BCUT2D eigenvalue weighted by Gasteiger charge is 2.36. The van der Waals surface area contributed by atoms with Crippen LogP contribution in [0.2, 0.25) is 0 Å². The average molecular weight is 310 g/mol. The Hall–Kier alpha value is -1.98. The van der Waals surface area contributed by atoms with Gasteiger partial charge in [-0.3, -0.25) is 9.59 Å². The highest BCUT2D eigenvalue weighted by atomic mass is 19.2. The molecule has 2 rings (SSSR count). The van der Waals surface area contributed by atoms with Crippen molar-refractivity contribution in [2.45, 2.75) is 20.3 Å². The van der Waals surface area contributed by atoms with Crippen molar-refractivity contribution in [1.29, 1.82) is 0 Å². The fourth-order valence-electron chi connectivity index (χ4n) is 2.25. The lowest BCUT2D eigenvalue weighted by molar-refractivity contribution is -0.129. The minimum atomic E-state index is -1.05. The van der Waals surface area contributed by atoms with Gasteiger partial charge in [-0.2, -0.15) is 0 Å². The van der Waals surface area contributed by atoms with Gasteiger partial charge in [-0.05, 0) is 30.5 Å². The molecule has 6 heteroatoms. The number of carbonyl (C=O) groups is 2. The van der Waals surface area contributed by atoms with Crippen LogP contribution in [0.5, 0.6) is 0 Å². The fraction of sp³-hybridized carbons (Fsp3) is 0.500. The maximum absolute atomic E-state index is 13.1. The number of rotatable bonds is 5. The minimum Gasteiger partial charge on any atom is -0.356 e. The van der Waals surface area contributed by atoms with Crippen molar-refractivity contribution in [1.82, 2.24) is 10.2 Å². The van der Waals surface area contributed by atoms with Crippen molar-refractivity contribution >= 4 is 11.8 Å². The molecule has 0 spiro atoms. The maximum atomic E-state index is 13.1. The van der Waals surface area contributed by atoms with Crippen molar-refractivity contribution in [3.63, 3.8) is 0 Å². The van der Waals surface area contributed by atoms with Crippen LogP contribution in [0.25, 0.3) is 0 Å². The third-order valence-corrected chi connectivity index (χ3v) is 3.73. The van der Waals surface area contributed by atoms with Gasteiger partial charge in [0.1, 0.15) is 0 Å². The smallest absolute Gasteiger partial charge is 0.254 e. The quantitative estimate of drug-likeness (QED) is 0.906. The molecule has 1 fully saturated rings. The summed E-state index contributed by atoms with van der Waals surface area (Å²) in [6.07, 6.45) is 0.913. The molecule has 0 unspecified atom stereocenters. The molecule has 1 aliphatic rings. The SMILES string of the molecule is CC(C)CCNC(=O)C1CN(C(=O)c2ccc(F)c(F)c2)C1. The summed E-state index contributed by atoms with van der Waals surface area (Å²) in [6, 6.07) is 3.06. The Morgan fingerprint density at radius 1 is 1.27 bits per heavy atom. The summed E-state index contributed by atoms with van der Waals surface area (Å²) in [5.41, 5.74) is 0.0950. The van der Waals surface area contributed by atoms with E-state index in [1.807, 2.05) is 0 Å². The van der Waals surface area contributed by atoms with Crippen molar-refractivity contribution in [3.05, 3.63) is 35.4 Å². The molecule has 0 bridgehead atoms. The second kappa shape index (κ2) is 6.85. The van der Waals surface area contributed by atoms with Gasteiger partial charge in [-0.1, -0.05) is 13.8 Å². The summed E-state index contributed by atoms with van der Waals surface area (Å²) >= 11 is 0. The van der Waals surface area contributed by atoms with E-state index >= 15 is 0 Å². The number of nitrogens with zero attached hydrogens (tertiary/aromatic N) is 1. The van der Waals surface area contributed by atoms with Gasteiger partial charge >= 0.3 is 0 Å². The first-order valence-corrected chi connectivity index (χ1v) is 7.40. The second-order valence-corrected chi connectivity index (χ2v) is 6.01. The molecule has 1 heterocycles. The largest absolute Gasteiger partial charge is 0.356 e. The van der Waals surface area contributed by atoms with Gasteiger partial charge in [-0.15, -0.1) is 0 Å². The Kier molecular flexibility index (Phi) is 5.11. The van der Waals surface area contributed by atoms with Crippen LogP contribution < -0.4 is 5.32 Å². The van der Waals surface area contributed by atoms with E-state index in [1.54, 1.807) is 0 Å². The number of hydrogen-bond donors (Lipinski definition) is 1. The van der Waals surface area contributed by atoms with Crippen molar-refractivity contribution < 1.29 is 18.4 Å². The predicted molar refractivity (Wildman–Crippen MR) is 78.2 cm³/mol. The first kappa shape index (κ1) is 16.4. The zero-order valence-corrected chi connectivity index (χ0v) is 12.7. The van der Waals surface area contributed by atoms with Gasteiger partial charge < -0.3 is 10.2 Å². The van der Waals surface area contributed by atoms with E-state index in [-0.39, 0.29) is 23.3 Å². The van der Waals surface area contributed by atoms with Crippen LogP contribution in [0, 0.1) is 23.5 Å². The Bertz CT molecular complexity index is 569. The number of likely N-dealkylation sites (tertiary alicyclic amines) is 1. The zero-order valence-electron chi connectivity index (χ0n) is 12.7. The van der Waals surface area contributed by atoms with Gasteiger partial charge in [0.25, 0.3) is 5.91 Å². The monoisotopic (exact) mass is 310 g/mol. The summed E-state index contributed by atoms with van der Waals surface area (Å²) in [7, 11) is 0. The van der Waals surface area contributed by atoms with Gasteiger partial charge in [0, 0.05) is 25.2 Å². The standard InChI is InChI=1S/C16H20F2N2O2/c1-10(2)5-6-19-15(21)12-8-20(9-12)16(22)11-3-4-13(17)14(18)7-11/h3-4,7,10,12H,5-6,8-9H2,1-2H3,(H,19,21). The summed E-state index contributed by atoms with van der Waals surface area (Å²) in [6.45, 7) is 5.41. The highest BCUT2D eigenvalue weighted by molar-refractivity contribution is 5.96. The van der Waals surface area contributed by atoms with E-state index in [4.69, 9.17) is 0 Å². The number of benzene rings is 1. The molecule has 4 nitrogen and oxygen atoms in total. The van der Waals surface area contributed by atoms with Crippen LogP contribution in [-0.2, 0) is 4.79 Å². The number of nitrogens with one attached hydrogen (secondary N) is 1. The number of halogens is 2. The molecule has 22 heavy (non-hydrogen) atoms. The Balaban J connectivity index is 1.81. The van der Waals surface area contributed by atoms with Crippen LogP contribution in [0.3, 0.4) is 0 Å². The van der Waals surface area contributed by atoms with Gasteiger partial charge in [0.05, 0.1) is 5.92 Å². The first-order chi connectivity index (χ1) is 10.4. The van der Waals surface area contributed by atoms with E-state index in [0.29, 0.717) is 25.6 Å². The van der Waals surface area contributed by atoms with Crippen molar-refractivity contribution in [3.8, 4) is 0 Å². The van der Waals surface area contributed by atoms with E-state index in [2.05, 4.69) is 19.2 Å². The Labute approximate surface area is 128 Å². The molecule has 1 aromatic rings. The van der Waals surface area contributed by atoms with Gasteiger partial charge in [0.2, 0.25) is 5.91 Å². The molecule has 0 atom stereocenters. The molecule has 0 radical (unpaired) electrons. The second-order valence-electron chi connectivity index (χ2n) is 6.01. The lowest BCUT2D eigenvalue weighted by Gasteiger charge is -2.38. The highest BCUT2D eigenvalue weighted by Crippen LogP contribution is 2.20. The van der Waals surface area contributed by atoms with E-state index in [1.165, 1.54) is 11.0 Å². The Morgan fingerprint density at radius 3 is 2.55 bits per heavy atom. The lowest BCUT2D eigenvalue weighted by atomic mass is 9.97. The topological polar surface area (TPSA) is 49.4 Å². The van der Waals surface area contributed by atoms with Crippen LogP contribution >= 0.6 is 0 Å². The average Bonchev–Trinajstić information content (AvgIpc) is 2.39. The van der Waals surface area contributed by atoms with Crippen LogP contribution in [0.15, 0.2) is 18.2 Å². The molecule has 1 saturated heterocycles. The zero-order chi connectivity index (χ0) is 16.3. The summed E-state index contributed by atoms with van der Waals surface area (Å²) in [5, 5.41) is 2.85. The van der Waals surface area contributed by atoms with E-state index in [0.717, 1.165) is 18.6 Å². The molecular weight excluding hydrogens is 290 g/mol. The van der Waals surface area contributed by atoms with E-state index in [9.17, 15) is 18.4 Å². The molecule has 0 saturated carbocycles. The molecule has 1 aliphatic heterocycles. The van der Waals surface area contributed by atoms with Crippen LogP contribution in [-0.4, -0.2) is 36.3 Å². The molecule has 2 amide bonds. The van der Waals surface area contributed by atoms with Crippen molar-refractivity contribution in [2.24, 2.45) is 11.8 Å². The molecule has 1 aromatic carbocycles. The summed E-state index contributed by atoms with van der Waals surface area (Å²) in [4.78, 5) is 25.4. The number of amides is 2. The predicted octanol–water partition coefficient (Wildman–Crippen LogP) is 2.20. The fourth-order valence-corrected chi connectivity index (χ4v) is 2.25. The van der Waals surface area contributed by atoms with Crippen LogP contribution in [0.4, 0.5) is 8.78 Å². The molecule has 0 aliphatic carbocycles. The first-order valence-electron chi connectivity index (χ1n) is 7.40.